The molecular formula is C68H133NO5. The molecule has 0 saturated heterocycles. The molecule has 0 aromatic carbocycles. The number of ether oxygens (including phenoxy) is 1. The average molecular weight is 1040 g/mol. The first-order chi connectivity index (χ1) is 36.5. The minimum absolute atomic E-state index is 0.000155. The van der Waals surface area contributed by atoms with Gasteiger partial charge in [-0.15, -0.1) is 0 Å². The Bertz CT molecular complexity index is 1110. The van der Waals surface area contributed by atoms with Gasteiger partial charge in [0.15, 0.2) is 0 Å². The first kappa shape index (κ1) is 72.6. The zero-order chi connectivity index (χ0) is 53.6. The van der Waals surface area contributed by atoms with Gasteiger partial charge >= 0.3 is 5.97 Å². The second-order valence-corrected chi connectivity index (χ2v) is 23.5. The number of carbonyl (C=O) groups is 2. The molecule has 0 radical (unpaired) electrons. The SMILES string of the molecule is CCCCCCC/C=C\CCCCCCCC(=O)OCCCCCCCCCCCCCCCCCCCCC(=O)NC(CO)C(O)CCCCCCCCCCCCCCCCCCCCCCCCCCC. The number of amides is 1. The van der Waals surface area contributed by atoms with Crippen LogP contribution in [0.25, 0.3) is 0 Å². The molecule has 0 aromatic rings. The number of nitrogens with one attached hydrogen (secondary N) is 1. The van der Waals surface area contributed by atoms with E-state index in [4.69, 9.17) is 4.74 Å². The molecule has 74 heavy (non-hydrogen) atoms. The van der Waals surface area contributed by atoms with E-state index in [0.717, 1.165) is 44.9 Å². The molecule has 0 bridgehead atoms. The van der Waals surface area contributed by atoms with Crippen LogP contribution in [0.5, 0.6) is 0 Å². The Labute approximate surface area is 463 Å². The standard InChI is InChI=1S/C68H133NO5/c1-3-5-7-9-11-13-15-17-19-20-21-22-23-24-25-26-27-30-33-36-40-44-48-52-56-60-66(71)65(64-70)69-67(72)61-57-53-49-45-41-37-34-31-28-29-32-35-39-43-47-51-55-59-63-74-68(73)62-58-54-50-46-42-38-18-16-14-12-10-8-6-4-2/h16,18,65-66,70-71H,3-15,17,19-64H2,1-2H3,(H,69,72)/b18-16-. The third-order valence-electron chi connectivity index (χ3n) is 16.1. The minimum atomic E-state index is -0.668. The molecule has 0 spiro atoms. The zero-order valence-corrected chi connectivity index (χ0v) is 50.4. The summed E-state index contributed by atoms with van der Waals surface area (Å²) in [4.78, 5) is 24.6. The zero-order valence-electron chi connectivity index (χ0n) is 50.4. The molecule has 0 aliphatic heterocycles. The number of aliphatic hydroxyl groups excluding tert-OH is 2. The molecule has 6 nitrogen and oxygen atoms in total. The van der Waals surface area contributed by atoms with Gasteiger partial charge in [-0.1, -0.05) is 334 Å². The van der Waals surface area contributed by atoms with E-state index >= 15 is 0 Å². The number of allylic oxidation sites excluding steroid dienone is 2. The maximum atomic E-state index is 12.5. The van der Waals surface area contributed by atoms with Crippen molar-refractivity contribution < 1.29 is 24.5 Å². The van der Waals surface area contributed by atoms with E-state index in [0.29, 0.717) is 25.9 Å². The van der Waals surface area contributed by atoms with Crippen molar-refractivity contribution in [2.75, 3.05) is 13.2 Å². The van der Waals surface area contributed by atoms with Crippen LogP contribution in [0.1, 0.15) is 386 Å². The number of hydrogen-bond donors (Lipinski definition) is 3. The van der Waals surface area contributed by atoms with Crippen molar-refractivity contribution in [3.63, 3.8) is 0 Å². The van der Waals surface area contributed by atoms with E-state index < -0.39 is 12.1 Å². The van der Waals surface area contributed by atoms with Crippen molar-refractivity contribution in [1.82, 2.24) is 5.32 Å². The Hall–Kier alpha value is -1.40. The van der Waals surface area contributed by atoms with E-state index in [2.05, 4.69) is 31.3 Å². The lowest BCUT2D eigenvalue weighted by molar-refractivity contribution is -0.143. The Morgan fingerprint density at radius 3 is 0.959 bits per heavy atom. The van der Waals surface area contributed by atoms with Crippen LogP contribution in [-0.2, 0) is 14.3 Å². The van der Waals surface area contributed by atoms with Crippen LogP contribution in [0.2, 0.25) is 0 Å². The molecule has 0 saturated carbocycles. The van der Waals surface area contributed by atoms with Gasteiger partial charge in [0.05, 0.1) is 25.4 Å². The number of rotatable bonds is 64. The fourth-order valence-electron chi connectivity index (χ4n) is 10.9. The predicted molar refractivity (Wildman–Crippen MR) is 324 cm³/mol. The summed E-state index contributed by atoms with van der Waals surface area (Å²) in [5.41, 5.74) is 0. The lowest BCUT2D eigenvalue weighted by Gasteiger charge is -2.22. The molecule has 6 heteroatoms. The second-order valence-electron chi connectivity index (χ2n) is 23.5. The highest BCUT2D eigenvalue weighted by atomic mass is 16.5. The number of esters is 1. The Kier molecular flexibility index (Phi) is 62.9. The second kappa shape index (κ2) is 64.1. The van der Waals surface area contributed by atoms with Crippen molar-refractivity contribution >= 4 is 11.9 Å². The van der Waals surface area contributed by atoms with Gasteiger partial charge in [-0.3, -0.25) is 9.59 Å². The Morgan fingerprint density at radius 1 is 0.365 bits per heavy atom. The largest absolute Gasteiger partial charge is 0.466 e. The molecule has 0 fully saturated rings. The molecule has 440 valence electrons. The fraction of sp³-hybridized carbons (Fsp3) is 0.941. The maximum Gasteiger partial charge on any atom is 0.305 e. The number of carbonyl (C=O) groups excluding carboxylic acids is 2. The van der Waals surface area contributed by atoms with Gasteiger partial charge in [0.2, 0.25) is 5.91 Å². The van der Waals surface area contributed by atoms with Crippen LogP contribution in [0.4, 0.5) is 0 Å². The monoisotopic (exact) mass is 1040 g/mol. The van der Waals surface area contributed by atoms with Crippen LogP contribution in [-0.4, -0.2) is 47.4 Å². The highest BCUT2D eigenvalue weighted by molar-refractivity contribution is 5.76. The quantitative estimate of drug-likeness (QED) is 0.0320. The van der Waals surface area contributed by atoms with Crippen LogP contribution >= 0.6 is 0 Å². The fourth-order valence-corrected chi connectivity index (χ4v) is 10.9. The highest BCUT2D eigenvalue weighted by Gasteiger charge is 2.20. The molecular weight excluding hydrogens is 911 g/mol. The van der Waals surface area contributed by atoms with E-state index in [-0.39, 0.29) is 18.5 Å². The maximum absolute atomic E-state index is 12.5. The molecule has 2 atom stereocenters. The van der Waals surface area contributed by atoms with Crippen molar-refractivity contribution in [3.05, 3.63) is 12.2 Å². The van der Waals surface area contributed by atoms with E-state index in [1.807, 2.05) is 0 Å². The van der Waals surface area contributed by atoms with Gasteiger partial charge in [-0.25, -0.2) is 0 Å². The van der Waals surface area contributed by atoms with E-state index in [1.165, 1.54) is 308 Å². The summed E-state index contributed by atoms with van der Waals surface area (Å²) in [5.74, 6) is -0.0339. The van der Waals surface area contributed by atoms with Gasteiger partial charge in [-0.05, 0) is 51.4 Å². The molecule has 2 unspecified atom stereocenters. The average Bonchev–Trinajstić information content (AvgIpc) is 3.40. The van der Waals surface area contributed by atoms with Gasteiger partial charge in [0, 0.05) is 12.8 Å². The third-order valence-corrected chi connectivity index (χ3v) is 16.1. The molecule has 0 rings (SSSR count). The summed E-state index contributed by atoms with van der Waals surface area (Å²) in [7, 11) is 0. The van der Waals surface area contributed by atoms with E-state index in [9.17, 15) is 19.8 Å². The van der Waals surface area contributed by atoms with Crippen LogP contribution in [0.15, 0.2) is 12.2 Å². The van der Waals surface area contributed by atoms with Gasteiger partial charge < -0.3 is 20.3 Å². The van der Waals surface area contributed by atoms with Crippen LogP contribution in [0, 0.1) is 0 Å². The summed E-state index contributed by atoms with van der Waals surface area (Å²) < 4.78 is 5.48. The predicted octanol–water partition coefficient (Wildman–Crippen LogP) is 21.6. The summed E-state index contributed by atoms with van der Waals surface area (Å²) in [5, 5.41) is 23.4. The molecule has 0 aromatic heterocycles. The number of hydrogen-bond acceptors (Lipinski definition) is 5. The van der Waals surface area contributed by atoms with Crippen molar-refractivity contribution in [2.24, 2.45) is 0 Å². The van der Waals surface area contributed by atoms with Crippen molar-refractivity contribution in [1.29, 1.82) is 0 Å². The Morgan fingerprint density at radius 2 is 0.635 bits per heavy atom. The lowest BCUT2D eigenvalue weighted by Crippen LogP contribution is -2.45. The smallest absolute Gasteiger partial charge is 0.305 e. The van der Waals surface area contributed by atoms with Gasteiger partial charge in [-0.2, -0.15) is 0 Å². The van der Waals surface area contributed by atoms with Gasteiger partial charge in [0.1, 0.15) is 0 Å². The molecule has 3 N–H and O–H groups in total. The number of aliphatic hydroxyl groups is 2. The van der Waals surface area contributed by atoms with E-state index in [1.54, 1.807) is 0 Å². The highest BCUT2D eigenvalue weighted by Crippen LogP contribution is 2.19. The molecule has 0 aliphatic rings. The van der Waals surface area contributed by atoms with Crippen LogP contribution < -0.4 is 5.32 Å². The summed E-state index contributed by atoms with van der Waals surface area (Å²) in [6.45, 7) is 4.97. The van der Waals surface area contributed by atoms with Crippen molar-refractivity contribution in [2.45, 2.75) is 398 Å². The van der Waals surface area contributed by atoms with Crippen molar-refractivity contribution in [3.8, 4) is 0 Å². The summed E-state index contributed by atoms with van der Waals surface area (Å²) in [6, 6.07) is -0.546. The summed E-state index contributed by atoms with van der Waals surface area (Å²) in [6.07, 6.45) is 78.1. The number of unbranched alkanes of at least 4 members (excludes halogenated alkanes) is 51. The third kappa shape index (κ3) is 59.8. The minimum Gasteiger partial charge on any atom is -0.466 e. The molecule has 1 amide bonds. The van der Waals surface area contributed by atoms with Crippen LogP contribution in [0.3, 0.4) is 0 Å². The summed E-state index contributed by atoms with van der Waals surface area (Å²) >= 11 is 0. The normalized spacial score (nSPS) is 12.5. The first-order valence-electron chi connectivity index (χ1n) is 33.9. The topological polar surface area (TPSA) is 95.9 Å². The Balaban J connectivity index is 3.40. The molecule has 0 aliphatic carbocycles. The van der Waals surface area contributed by atoms with Gasteiger partial charge in [0.25, 0.3) is 0 Å². The molecule has 0 heterocycles. The first-order valence-corrected chi connectivity index (χ1v) is 33.9. The lowest BCUT2D eigenvalue weighted by atomic mass is 10.0.